The minimum Gasteiger partial charge on any atom is -0.494 e. The molecule has 5 nitrogen and oxygen atoms in total. The highest BCUT2D eigenvalue weighted by molar-refractivity contribution is 8.00. The molecule has 0 heterocycles. The van der Waals surface area contributed by atoms with Crippen LogP contribution in [0.5, 0.6) is 5.75 Å². The number of carbonyl (C=O) groups excluding carboxylic acids is 2. The van der Waals surface area contributed by atoms with Crippen LogP contribution in [-0.4, -0.2) is 29.9 Å². The lowest BCUT2D eigenvalue weighted by molar-refractivity contribution is -0.114. The Morgan fingerprint density at radius 1 is 0.857 bits per heavy atom. The monoisotopic (exact) mass is 400 g/mol. The van der Waals surface area contributed by atoms with Gasteiger partial charge in [-0.2, -0.15) is 0 Å². The van der Waals surface area contributed by atoms with Crippen LogP contribution in [0.4, 0.5) is 11.4 Å². The van der Waals surface area contributed by atoms with Crippen molar-refractivity contribution >= 4 is 35.0 Å². The number of aryl methyl sites for hydroxylation is 1. The van der Waals surface area contributed by atoms with Crippen molar-refractivity contribution in [2.75, 3.05) is 28.7 Å². The first-order valence-corrected chi connectivity index (χ1v) is 10.8. The van der Waals surface area contributed by atoms with Gasteiger partial charge in [-0.15, -0.1) is 11.8 Å². The summed E-state index contributed by atoms with van der Waals surface area (Å²) in [7, 11) is 0. The van der Waals surface area contributed by atoms with Crippen molar-refractivity contribution in [3.8, 4) is 5.75 Å². The lowest BCUT2D eigenvalue weighted by atomic mass is 10.1. The first-order valence-electron chi connectivity index (χ1n) is 9.60. The van der Waals surface area contributed by atoms with Gasteiger partial charge in [-0.1, -0.05) is 25.5 Å². The Bertz CT molecular complexity index is 745. The quantitative estimate of drug-likeness (QED) is 0.572. The maximum Gasteiger partial charge on any atom is 0.234 e. The number of rotatable bonds is 11. The van der Waals surface area contributed by atoms with E-state index in [2.05, 4.69) is 17.6 Å². The third-order valence-electron chi connectivity index (χ3n) is 3.97. The van der Waals surface area contributed by atoms with E-state index in [-0.39, 0.29) is 23.3 Å². The molecule has 0 radical (unpaired) electrons. The molecule has 28 heavy (non-hydrogen) atoms. The van der Waals surface area contributed by atoms with Crippen LogP contribution in [0.15, 0.2) is 48.5 Å². The van der Waals surface area contributed by atoms with Gasteiger partial charge >= 0.3 is 0 Å². The van der Waals surface area contributed by atoms with Crippen molar-refractivity contribution in [2.24, 2.45) is 0 Å². The molecule has 2 aromatic carbocycles. The summed E-state index contributed by atoms with van der Waals surface area (Å²) < 4.78 is 5.37. The molecular formula is C22H28N2O3S. The maximum absolute atomic E-state index is 12.0. The number of benzene rings is 2. The van der Waals surface area contributed by atoms with E-state index in [1.807, 2.05) is 43.3 Å². The number of unbranched alkanes of at least 4 members (excludes halogenated alkanes) is 1. The summed E-state index contributed by atoms with van der Waals surface area (Å²) in [5, 5.41) is 5.67. The summed E-state index contributed by atoms with van der Waals surface area (Å²) in [5.41, 5.74) is 2.77. The number of hydrogen-bond donors (Lipinski definition) is 2. The van der Waals surface area contributed by atoms with Gasteiger partial charge < -0.3 is 15.4 Å². The van der Waals surface area contributed by atoms with Crippen molar-refractivity contribution in [1.29, 1.82) is 0 Å². The third-order valence-corrected chi connectivity index (χ3v) is 4.90. The molecule has 0 aromatic heterocycles. The summed E-state index contributed by atoms with van der Waals surface area (Å²) in [5.74, 6) is 0.970. The Hall–Kier alpha value is -2.47. The molecule has 0 aliphatic carbocycles. The van der Waals surface area contributed by atoms with E-state index in [1.54, 1.807) is 12.1 Å². The zero-order valence-electron chi connectivity index (χ0n) is 16.5. The van der Waals surface area contributed by atoms with E-state index in [1.165, 1.54) is 30.2 Å². The number of hydrogen-bond acceptors (Lipinski definition) is 4. The lowest BCUT2D eigenvalue weighted by Crippen LogP contribution is -2.18. The summed E-state index contributed by atoms with van der Waals surface area (Å²) >= 11 is 1.28. The molecule has 150 valence electrons. The van der Waals surface area contributed by atoms with Crippen molar-refractivity contribution in [3.63, 3.8) is 0 Å². The standard InChI is InChI=1S/C22H28N2O3S/c1-3-5-6-17-7-9-18(10-8-17)23-21(25)15-28-16-22(26)24-19-11-13-20(14-12-19)27-4-2/h7-14H,3-6,15-16H2,1-2H3,(H,23,25)(H,24,26). The summed E-state index contributed by atoms with van der Waals surface area (Å²) in [6.07, 6.45) is 3.40. The van der Waals surface area contributed by atoms with E-state index in [9.17, 15) is 9.59 Å². The van der Waals surface area contributed by atoms with E-state index in [0.717, 1.165) is 17.9 Å². The number of amides is 2. The second-order valence-corrected chi connectivity index (χ2v) is 7.33. The Balaban J connectivity index is 1.67. The van der Waals surface area contributed by atoms with Crippen molar-refractivity contribution in [2.45, 2.75) is 33.1 Å². The Labute approximate surface area is 171 Å². The van der Waals surface area contributed by atoms with Crippen LogP contribution in [0.2, 0.25) is 0 Å². The molecule has 0 unspecified atom stereocenters. The highest BCUT2D eigenvalue weighted by Gasteiger charge is 2.07. The topological polar surface area (TPSA) is 67.4 Å². The molecule has 2 rings (SSSR count). The molecule has 6 heteroatoms. The van der Waals surface area contributed by atoms with Gasteiger partial charge in [0.1, 0.15) is 5.75 Å². The first kappa shape index (κ1) is 21.8. The molecule has 2 amide bonds. The Morgan fingerprint density at radius 2 is 1.39 bits per heavy atom. The number of thioether (sulfide) groups is 1. The zero-order valence-corrected chi connectivity index (χ0v) is 17.3. The molecule has 2 N–H and O–H groups in total. The summed E-state index contributed by atoms with van der Waals surface area (Å²) in [4.78, 5) is 24.0. The van der Waals surface area contributed by atoms with Crippen LogP contribution < -0.4 is 15.4 Å². The number of anilines is 2. The molecule has 0 fully saturated rings. The largest absolute Gasteiger partial charge is 0.494 e. The van der Waals surface area contributed by atoms with Gasteiger partial charge in [-0.3, -0.25) is 9.59 Å². The maximum atomic E-state index is 12.0. The Morgan fingerprint density at radius 3 is 1.89 bits per heavy atom. The van der Waals surface area contributed by atoms with E-state index in [4.69, 9.17) is 4.74 Å². The van der Waals surface area contributed by atoms with E-state index >= 15 is 0 Å². The molecular weight excluding hydrogens is 372 g/mol. The molecule has 0 atom stereocenters. The lowest BCUT2D eigenvalue weighted by Gasteiger charge is -2.08. The highest BCUT2D eigenvalue weighted by Crippen LogP contribution is 2.16. The minimum absolute atomic E-state index is 0.111. The van der Waals surface area contributed by atoms with Gasteiger partial charge in [0.15, 0.2) is 0 Å². The molecule has 0 aliphatic rings. The predicted octanol–water partition coefficient (Wildman–Crippen LogP) is 4.74. The third kappa shape index (κ3) is 8.05. The molecule has 0 spiro atoms. The average Bonchev–Trinajstić information content (AvgIpc) is 2.69. The minimum atomic E-state index is -0.137. The van der Waals surface area contributed by atoms with Crippen molar-refractivity contribution in [1.82, 2.24) is 0 Å². The van der Waals surface area contributed by atoms with Gasteiger partial charge in [-0.25, -0.2) is 0 Å². The normalized spacial score (nSPS) is 10.4. The van der Waals surface area contributed by atoms with Gasteiger partial charge in [0, 0.05) is 11.4 Å². The number of nitrogens with one attached hydrogen (secondary N) is 2. The van der Waals surface area contributed by atoms with Crippen LogP contribution in [0.25, 0.3) is 0 Å². The molecule has 0 aliphatic heterocycles. The first-order chi connectivity index (χ1) is 13.6. The van der Waals surface area contributed by atoms with Crippen LogP contribution in [0, 0.1) is 0 Å². The van der Waals surface area contributed by atoms with Crippen molar-refractivity contribution in [3.05, 3.63) is 54.1 Å². The fourth-order valence-corrected chi connectivity index (χ4v) is 3.18. The second-order valence-electron chi connectivity index (χ2n) is 6.35. The van der Waals surface area contributed by atoms with Gasteiger partial charge in [0.05, 0.1) is 18.1 Å². The molecule has 0 bridgehead atoms. The van der Waals surface area contributed by atoms with Crippen molar-refractivity contribution < 1.29 is 14.3 Å². The summed E-state index contributed by atoms with van der Waals surface area (Å²) in [6.45, 7) is 4.70. The number of carbonyl (C=O) groups is 2. The predicted molar refractivity (Wildman–Crippen MR) is 117 cm³/mol. The van der Waals surface area contributed by atoms with Gasteiger partial charge in [0.25, 0.3) is 0 Å². The average molecular weight is 401 g/mol. The Kier molecular flexibility index (Phi) is 9.42. The smallest absolute Gasteiger partial charge is 0.234 e. The van der Waals surface area contributed by atoms with E-state index in [0.29, 0.717) is 12.3 Å². The molecule has 2 aromatic rings. The zero-order chi connectivity index (χ0) is 20.2. The van der Waals surface area contributed by atoms with Crippen LogP contribution in [0.3, 0.4) is 0 Å². The van der Waals surface area contributed by atoms with Gasteiger partial charge in [0.2, 0.25) is 11.8 Å². The SMILES string of the molecule is CCCCc1ccc(NC(=O)CSCC(=O)Nc2ccc(OCC)cc2)cc1. The fraction of sp³-hybridized carbons (Fsp3) is 0.364. The second kappa shape index (κ2) is 12.1. The molecule has 0 saturated heterocycles. The van der Waals surface area contributed by atoms with Crippen LogP contribution in [0.1, 0.15) is 32.3 Å². The van der Waals surface area contributed by atoms with E-state index < -0.39 is 0 Å². The number of ether oxygens (including phenoxy) is 1. The highest BCUT2D eigenvalue weighted by atomic mass is 32.2. The van der Waals surface area contributed by atoms with Crippen LogP contribution >= 0.6 is 11.8 Å². The van der Waals surface area contributed by atoms with Gasteiger partial charge in [-0.05, 0) is 61.7 Å². The van der Waals surface area contributed by atoms with Crippen LogP contribution in [-0.2, 0) is 16.0 Å². The summed E-state index contributed by atoms with van der Waals surface area (Å²) in [6, 6.07) is 15.2. The molecule has 0 saturated carbocycles. The fourth-order valence-electron chi connectivity index (χ4n) is 2.57.